The molecule has 1 aromatic heterocycles. The summed E-state index contributed by atoms with van der Waals surface area (Å²) in [7, 11) is 0. The van der Waals surface area contributed by atoms with Gasteiger partial charge in [-0.15, -0.1) is 0 Å². The number of carbonyl (C=O) groups excluding carboxylic acids is 1. The van der Waals surface area contributed by atoms with Gasteiger partial charge in [0.2, 0.25) is 5.76 Å². The van der Waals surface area contributed by atoms with Crippen LogP contribution in [-0.4, -0.2) is 40.8 Å². The van der Waals surface area contributed by atoms with Crippen molar-refractivity contribution < 1.29 is 14.3 Å². The highest BCUT2D eigenvalue weighted by molar-refractivity contribution is 5.92. The van der Waals surface area contributed by atoms with Crippen LogP contribution in [-0.2, 0) is 27.2 Å². The van der Waals surface area contributed by atoms with Crippen LogP contribution in [0, 0.1) is 6.92 Å². The first-order valence-electron chi connectivity index (χ1n) is 6.45. The first-order chi connectivity index (χ1) is 9.16. The van der Waals surface area contributed by atoms with Crippen molar-refractivity contribution in [2.45, 2.75) is 26.8 Å². The summed E-state index contributed by atoms with van der Waals surface area (Å²) in [5.41, 5.74) is 3.21. The van der Waals surface area contributed by atoms with Crippen molar-refractivity contribution in [1.82, 2.24) is 15.1 Å². The fraction of sp³-hybridized carbons (Fsp3) is 0.538. The highest BCUT2D eigenvalue weighted by Gasteiger charge is 2.29. The minimum Gasteiger partial charge on any atom is -0.491 e. The molecule has 0 atom stereocenters. The van der Waals surface area contributed by atoms with Crippen molar-refractivity contribution in [2.24, 2.45) is 0 Å². The summed E-state index contributed by atoms with van der Waals surface area (Å²) in [6, 6.07) is 0. The van der Waals surface area contributed by atoms with E-state index in [0.717, 1.165) is 23.4 Å². The molecule has 1 aromatic rings. The van der Waals surface area contributed by atoms with Crippen LogP contribution in [0.15, 0.2) is 11.5 Å². The predicted octanol–water partition coefficient (Wildman–Crippen LogP) is 0.881. The standard InChI is InChI=1S/C13H17N3O3/c1-8-10-7-16(4-3-11(10)15-14-8)13(17)12-9(2)18-5-6-19-12/h3-7H2,1-2H3,(H,14,15). The molecule has 1 N–H and O–H groups in total. The number of aromatic nitrogens is 2. The molecule has 6 nitrogen and oxygen atoms in total. The average molecular weight is 263 g/mol. The molecule has 0 fully saturated rings. The topological polar surface area (TPSA) is 67.5 Å². The number of H-pyrrole nitrogens is 1. The minimum atomic E-state index is -0.0940. The highest BCUT2D eigenvalue weighted by Crippen LogP contribution is 2.23. The van der Waals surface area contributed by atoms with Crippen LogP contribution in [0.4, 0.5) is 0 Å². The van der Waals surface area contributed by atoms with Crippen molar-refractivity contribution in [3.8, 4) is 0 Å². The molecule has 0 unspecified atom stereocenters. The van der Waals surface area contributed by atoms with Crippen LogP contribution in [0.1, 0.15) is 23.9 Å². The number of nitrogens with one attached hydrogen (secondary N) is 1. The zero-order valence-electron chi connectivity index (χ0n) is 11.2. The lowest BCUT2D eigenvalue weighted by Crippen LogP contribution is -2.38. The van der Waals surface area contributed by atoms with Crippen molar-refractivity contribution in [1.29, 1.82) is 0 Å². The second-order valence-corrected chi connectivity index (χ2v) is 4.83. The molecule has 3 rings (SSSR count). The average Bonchev–Trinajstić information content (AvgIpc) is 2.80. The molecule has 0 saturated carbocycles. The number of hydrogen-bond donors (Lipinski definition) is 1. The summed E-state index contributed by atoms with van der Waals surface area (Å²) >= 11 is 0. The normalized spacial score (nSPS) is 18.7. The summed E-state index contributed by atoms with van der Waals surface area (Å²) in [4.78, 5) is 14.2. The van der Waals surface area contributed by atoms with Gasteiger partial charge in [0.1, 0.15) is 19.0 Å². The number of hydrogen-bond acceptors (Lipinski definition) is 4. The fourth-order valence-corrected chi connectivity index (χ4v) is 2.47. The number of nitrogens with zero attached hydrogens (tertiary/aromatic N) is 2. The van der Waals surface area contributed by atoms with Crippen LogP contribution < -0.4 is 0 Å². The SMILES string of the molecule is CC1=C(C(=O)N2CCc3n[nH]c(C)c3C2)OCCO1. The zero-order valence-corrected chi connectivity index (χ0v) is 11.2. The predicted molar refractivity (Wildman–Crippen MR) is 67.0 cm³/mol. The van der Waals surface area contributed by atoms with Crippen molar-refractivity contribution >= 4 is 5.91 Å². The van der Waals surface area contributed by atoms with Crippen molar-refractivity contribution in [3.05, 3.63) is 28.5 Å². The molecule has 2 aliphatic heterocycles. The Balaban J connectivity index is 1.81. The molecule has 3 heterocycles. The zero-order chi connectivity index (χ0) is 13.4. The Bertz CT molecular complexity index is 547. The van der Waals surface area contributed by atoms with E-state index in [1.54, 1.807) is 11.8 Å². The first kappa shape index (κ1) is 12.1. The maximum absolute atomic E-state index is 12.4. The van der Waals surface area contributed by atoms with Gasteiger partial charge in [-0.3, -0.25) is 9.89 Å². The second-order valence-electron chi connectivity index (χ2n) is 4.83. The van der Waals surface area contributed by atoms with E-state index in [-0.39, 0.29) is 5.91 Å². The number of amides is 1. The van der Waals surface area contributed by atoms with Crippen LogP contribution in [0.3, 0.4) is 0 Å². The summed E-state index contributed by atoms with van der Waals surface area (Å²) in [5.74, 6) is 0.824. The summed E-state index contributed by atoms with van der Waals surface area (Å²) in [6.07, 6.45) is 0.776. The second kappa shape index (κ2) is 4.60. The van der Waals surface area contributed by atoms with Gasteiger partial charge >= 0.3 is 0 Å². The Kier molecular flexibility index (Phi) is 2.93. The maximum atomic E-state index is 12.4. The number of aryl methyl sites for hydroxylation is 1. The fourth-order valence-electron chi connectivity index (χ4n) is 2.47. The Morgan fingerprint density at radius 3 is 2.89 bits per heavy atom. The molecular weight excluding hydrogens is 246 g/mol. The van der Waals surface area contributed by atoms with E-state index in [2.05, 4.69) is 10.2 Å². The Hall–Kier alpha value is -1.98. The van der Waals surface area contributed by atoms with E-state index in [1.165, 1.54) is 0 Å². The largest absolute Gasteiger partial charge is 0.491 e. The van der Waals surface area contributed by atoms with Gasteiger partial charge in [-0.1, -0.05) is 0 Å². The van der Waals surface area contributed by atoms with Crippen molar-refractivity contribution in [2.75, 3.05) is 19.8 Å². The van der Waals surface area contributed by atoms with E-state index in [0.29, 0.717) is 37.8 Å². The lowest BCUT2D eigenvalue weighted by Gasteiger charge is -2.29. The van der Waals surface area contributed by atoms with E-state index in [9.17, 15) is 4.79 Å². The molecule has 1 amide bonds. The summed E-state index contributed by atoms with van der Waals surface area (Å²) in [5, 5.41) is 7.22. The Labute approximate surface area is 111 Å². The number of allylic oxidation sites excluding steroid dienone is 1. The minimum absolute atomic E-state index is 0.0940. The molecule has 0 spiro atoms. The molecule has 6 heteroatoms. The van der Waals surface area contributed by atoms with Crippen LogP contribution in [0.5, 0.6) is 0 Å². The van der Waals surface area contributed by atoms with Gasteiger partial charge in [-0.25, -0.2) is 0 Å². The molecule has 0 bridgehead atoms. The number of rotatable bonds is 1. The van der Waals surface area contributed by atoms with E-state index < -0.39 is 0 Å². The lowest BCUT2D eigenvalue weighted by molar-refractivity contribution is -0.133. The molecule has 0 radical (unpaired) electrons. The van der Waals surface area contributed by atoms with Crippen molar-refractivity contribution in [3.63, 3.8) is 0 Å². The Morgan fingerprint density at radius 2 is 2.11 bits per heavy atom. The van der Waals surface area contributed by atoms with Gasteiger partial charge < -0.3 is 14.4 Å². The van der Waals surface area contributed by atoms with Gasteiger partial charge in [0.05, 0.1) is 5.69 Å². The molecule has 0 saturated heterocycles. The summed E-state index contributed by atoms with van der Waals surface area (Å²) < 4.78 is 10.8. The molecule has 102 valence electrons. The number of carbonyl (C=O) groups is 1. The molecule has 0 aliphatic carbocycles. The van der Waals surface area contributed by atoms with Gasteiger partial charge in [-0.05, 0) is 13.8 Å². The third kappa shape index (κ3) is 2.07. The van der Waals surface area contributed by atoms with E-state index in [1.807, 2.05) is 6.92 Å². The lowest BCUT2D eigenvalue weighted by atomic mass is 10.1. The van der Waals surface area contributed by atoms with Crippen LogP contribution >= 0.6 is 0 Å². The van der Waals surface area contributed by atoms with Gasteiger partial charge in [0.25, 0.3) is 5.91 Å². The molecule has 19 heavy (non-hydrogen) atoms. The monoisotopic (exact) mass is 263 g/mol. The third-order valence-electron chi connectivity index (χ3n) is 3.58. The van der Waals surface area contributed by atoms with Gasteiger partial charge in [0, 0.05) is 30.8 Å². The number of fused-ring (bicyclic) bond motifs is 1. The maximum Gasteiger partial charge on any atom is 0.292 e. The molecule has 0 aromatic carbocycles. The number of aromatic amines is 1. The molecule has 2 aliphatic rings. The van der Waals surface area contributed by atoms with E-state index >= 15 is 0 Å². The van der Waals surface area contributed by atoms with Gasteiger partial charge in [0.15, 0.2) is 0 Å². The summed E-state index contributed by atoms with van der Waals surface area (Å²) in [6.45, 7) is 5.93. The number of ether oxygens (including phenoxy) is 2. The Morgan fingerprint density at radius 1 is 1.32 bits per heavy atom. The van der Waals surface area contributed by atoms with Crippen LogP contribution in [0.25, 0.3) is 0 Å². The van der Waals surface area contributed by atoms with Gasteiger partial charge in [-0.2, -0.15) is 5.10 Å². The highest BCUT2D eigenvalue weighted by atomic mass is 16.6. The first-order valence-corrected chi connectivity index (χ1v) is 6.45. The third-order valence-corrected chi connectivity index (χ3v) is 3.58. The van der Waals surface area contributed by atoms with Crippen LogP contribution in [0.2, 0.25) is 0 Å². The molecular formula is C13H17N3O3. The van der Waals surface area contributed by atoms with E-state index in [4.69, 9.17) is 9.47 Å². The quantitative estimate of drug-likeness (QED) is 0.816. The smallest absolute Gasteiger partial charge is 0.292 e.